The molecule has 90 valence electrons. The Hall–Kier alpha value is -0.140. The van der Waals surface area contributed by atoms with Gasteiger partial charge in [-0.05, 0) is 12.3 Å². The fraction of sp³-hybridized carbons (Fsp3) is 0.875. The molecule has 2 N–H and O–H groups in total. The molecule has 0 aromatic carbocycles. The first-order chi connectivity index (χ1) is 6.82. The summed E-state index contributed by atoms with van der Waals surface area (Å²) in [7, 11) is -1.93. The van der Waals surface area contributed by atoms with Crippen LogP contribution in [0.15, 0.2) is 0 Å². The summed E-state index contributed by atoms with van der Waals surface area (Å²) in [5.74, 6) is -0.0708. The van der Waals surface area contributed by atoms with Crippen molar-refractivity contribution in [3.8, 4) is 0 Å². The topological polar surface area (TPSA) is 75.3 Å². The molecule has 15 heavy (non-hydrogen) atoms. The summed E-state index contributed by atoms with van der Waals surface area (Å²) in [4.78, 5) is 11.4. The number of halogens is 1. The highest BCUT2D eigenvalue weighted by molar-refractivity contribution is 9.10. The molecule has 0 saturated heterocycles. The Kier molecular flexibility index (Phi) is 6.38. The molecule has 0 bridgehead atoms. The number of rotatable bonds is 6. The standard InChI is InChI=1S/C8H17BrN2O3S/c1-6(2)4-7(8(12)10-3)11-15(13,14)5-9/h6-7,11H,4-5H2,1-3H3,(H,10,12). The number of hydrogen-bond donors (Lipinski definition) is 2. The van der Waals surface area contributed by atoms with Gasteiger partial charge >= 0.3 is 0 Å². The monoisotopic (exact) mass is 300 g/mol. The molecule has 0 aromatic rings. The van der Waals surface area contributed by atoms with E-state index >= 15 is 0 Å². The molecule has 1 atom stereocenters. The van der Waals surface area contributed by atoms with Gasteiger partial charge in [0, 0.05) is 7.05 Å². The lowest BCUT2D eigenvalue weighted by Gasteiger charge is -2.18. The molecule has 1 unspecified atom stereocenters. The van der Waals surface area contributed by atoms with Crippen LogP contribution in [0.25, 0.3) is 0 Å². The molecule has 1 amide bonds. The molecule has 0 aliphatic rings. The van der Waals surface area contributed by atoms with Gasteiger partial charge in [0.15, 0.2) is 0 Å². The van der Waals surface area contributed by atoms with Gasteiger partial charge in [-0.25, -0.2) is 13.1 Å². The van der Waals surface area contributed by atoms with Crippen LogP contribution in [-0.4, -0.2) is 32.1 Å². The predicted octanol–water partition coefficient (Wildman–Crippen LogP) is 0.419. The lowest BCUT2D eigenvalue weighted by Crippen LogP contribution is -2.46. The third-order valence-corrected chi connectivity index (χ3v) is 4.47. The van der Waals surface area contributed by atoms with Gasteiger partial charge < -0.3 is 5.32 Å². The number of sulfonamides is 1. The Morgan fingerprint density at radius 1 is 1.40 bits per heavy atom. The Labute approximate surface area is 99.2 Å². The highest BCUT2D eigenvalue weighted by Crippen LogP contribution is 2.07. The number of likely N-dealkylation sites (N-methyl/N-ethyl adjacent to an activating group) is 1. The van der Waals surface area contributed by atoms with Crippen molar-refractivity contribution in [1.82, 2.24) is 10.0 Å². The normalized spacial score (nSPS) is 13.9. The van der Waals surface area contributed by atoms with Crippen molar-refractivity contribution in [3.05, 3.63) is 0 Å². The third-order valence-electron chi connectivity index (χ3n) is 1.74. The number of amides is 1. The molecule has 0 radical (unpaired) electrons. The van der Waals surface area contributed by atoms with Gasteiger partial charge in [0.25, 0.3) is 0 Å². The van der Waals surface area contributed by atoms with E-state index in [4.69, 9.17) is 0 Å². The summed E-state index contributed by atoms with van der Waals surface area (Å²) in [5, 5.41) is 2.44. The highest BCUT2D eigenvalue weighted by atomic mass is 79.9. The zero-order valence-electron chi connectivity index (χ0n) is 9.08. The first-order valence-corrected chi connectivity index (χ1v) is 7.37. The Balaban J connectivity index is 4.58. The van der Waals surface area contributed by atoms with E-state index in [9.17, 15) is 13.2 Å². The van der Waals surface area contributed by atoms with E-state index in [0.717, 1.165) is 0 Å². The summed E-state index contributed by atoms with van der Waals surface area (Å²) >= 11 is 2.85. The van der Waals surface area contributed by atoms with E-state index in [2.05, 4.69) is 26.0 Å². The van der Waals surface area contributed by atoms with Crippen LogP contribution in [-0.2, 0) is 14.8 Å². The smallest absolute Gasteiger partial charge is 0.237 e. The number of carbonyl (C=O) groups is 1. The van der Waals surface area contributed by atoms with E-state index in [1.165, 1.54) is 7.05 Å². The molecule has 0 aliphatic heterocycles. The molecule has 0 aromatic heterocycles. The van der Waals surface area contributed by atoms with Crippen LogP contribution >= 0.6 is 15.9 Å². The molecule has 0 heterocycles. The quantitative estimate of drug-likeness (QED) is 0.698. The van der Waals surface area contributed by atoms with Crippen LogP contribution in [0.3, 0.4) is 0 Å². The van der Waals surface area contributed by atoms with Crippen LogP contribution in [0.4, 0.5) is 0 Å². The number of hydrogen-bond acceptors (Lipinski definition) is 3. The molecule has 5 nitrogen and oxygen atoms in total. The molecule has 0 aliphatic carbocycles. The first kappa shape index (κ1) is 14.9. The van der Waals surface area contributed by atoms with Crippen LogP contribution < -0.4 is 10.0 Å². The van der Waals surface area contributed by atoms with Crippen molar-refractivity contribution in [2.75, 3.05) is 11.7 Å². The zero-order chi connectivity index (χ0) is 12.1. The van der Waals surface area contributed by atoms with Gasteiger partial charge in [0.1, 0.15) is 10.7 Å². The maximum atomic E-state index is 11.4. The second-order valence-electron chi connectivity index (χ2n) is 3.64. The fourth-order valence-corrected chi connectivity index (χ4v) is 2.20. The van der Waals surface area contributed by atoms with Gasteiger partial charge in [0.05, 0.1) is 0 Å². The van der Waals surface area contributed by atoms with Crippen molar-refractivity contribution in [1.29, 1.82) is 0 Å². The second-order valence-corrected chi connectivity index (χ2v) is 6.70. The molecule has 0 rings (SSSR count). The van der Waals surface area contributed by atoms with E-state index in [1.54, 1.807) is 0 Å². The first-order valence-electron chi connectivity index (χ1n) is 4.60. The zero-order valence-corrected chi connectivity index (χ0v) is 11.5. The van der Waals surface area contributed by atoms with Crippen molar-refractivity contribution < 1.29 is 13.2 Å². The summed E-state index contributed by atoms with van der Waals surface area (Å²) < 4.78 is 24.7. The van der Waals surface area contributed by atoms with Gasteiger partial charge in [-0.1, -0.05) is 29.8 Å². The molecular weight excluding hydrogens is 284 g/mol. The maximum absolute atomic E-state index is 11.4. The summed E-state index contributed by atoms with van der Waals surface area (Å²) in [6.45, 7) is 3.86. The maximum Gasteiger partial charge on any atom is 0.237 e. The van der Waals surface area contributed by atoms with Crippen molar-refractivity contribution in [2.24, 2.45) is 5.92 Å². The minimum Gasteiger partial charge on any atom is -0.358 e. The van der Waals surface area contributed by atoms with Crippen LogP contribution in [0.5, 0.6) is 0 Å². The SMILES string of the molecule is CNC(=O)C(CC(C)C)NS(=O)(=O)CBr. The molecular formula is C8H17BrN2O3S. The van der Waals surface area contributed by atoms with Crippen LogP contribution in [0.2, 0.25) is 0 Å². The average molecular weight is 301 g/mol. The third kappa shape index (κ3) is 6.11. The van der Waals surface area contributed by atoms with Crippen molar-refractivity contribution in [2.45, 2.75) is 26.3 Å². The van der Waals surface area contributed by atoms with Gasteiger partial charge in [-0.2, -0.15) is 0 Å². The highest BCUT2D eigenvalue weighted by Gasteiger charge is 2.23. The molecule has 0 saturated carbocycles. The largest absolute Gasteiger partial charge is 0.358 e. The minimum absolute atomic E-state index is 0.203. The lowest BCUT2D eigenvalue weighted by molar-refractivity contribution is -0.122. The summed E-state index contributed by atoms with van der Waals surface area (Å²) in [5.41, 5.74) is 0. The number of carbonyl (C=O) groups excluding carboxylic acids is 1. The van der Waals surface area contributed by atoms with Gasteiger partial charge in [-0.3, -0.25) is 4.79 Å². The average Bonchev–Trinajstić information content (AvgIpc) is 2.14. The van der Waals surface area contributed by atoms with E-state index in [1.807, 2.05) is 13.8 Å². The Bertz CT molecular complexity index is 303. The van der Waals surface area contributed by atoms with E-state index in [0.29, 0.717) is 6.42 Å². The van der Waals surface area contributed by atoms with Gasteiger partial charge in [0.2, 0.25) is 15.9 Å². The molecule has 0 spiro atoms. The van der Waals surface area contributed by atoms with E-state index < -0.39 is 16.1 Å². The Morgan fingerprint density at radius 3 is 2.27 bits per heavy atom. The van der Waals surface area contributed by atoms with Crippen molar-refractivity contribution >= 4 is 31.9 Å². The minimum atomic E-state index is -3.41. The number of nitrogens with one attached hydrogen (secondary N) is 2. The molecule has 7 heteroatoms. The summed E-state index contributed by atoms with van der Waals surface area (Å²) in [6.07, 6.45) is 0.478. The fourth-order valence-electron chi connectivity index (χ4n) is 1.10. The summed E-state index contributed by atoms with van der Waals surface area (Å²) in [6, 6.07) is -0.697. The predicted molar refractivity (Wildman–Crippen MR) is 63.2 cm³/mol. The molecule has 0 fully saturated rings. The number of alkyl halides is 1. The second kappa shape index (κ2) is 6.44. The van der Waals surface area contributed by atoms with Crippen LogP contribution in [0.1, 0.15) is 20.3 Å². The Morgan fingerprint density at radius 2 is 1.93 bits per heavy atom. The van der Waals surface area contributed by atoms with Crippen LogP contribution in [0, 0.1) is 5.92 Å². The van der Waals surface area contributed by atoms with E-state index in [-0.39, 0.29) is 16.5 Å². The lowest BCUT2D eigenvalue weighted by atomic mass is 10.0. The van der Waals surface area contributed by atoms with Gasteiger partial charge in [-0.15, -0.1) is 0 Å². The van der Waals surface area contributed by atoms with Crippen molar-refractivity contribution in [3.63, 3.8) is 0 Å².